The summed E-state index contributed by atoms with van der Waals surface area (Å²) >= 11 is 3.14. The van der Waals surface area contributed by atoms with Gasteiger partial charge in [-0.05, 0) is 52.4 Å². The van der Waals surface area contributed by atoms with E-state index in [-0.39, 0.29) is 24.8 Å². The maximum absolute atomic E-state index is 13.0. The highest BCUT2D eigenvalue weighted by Crippen LogP contribution is 2.19. The molecule has 0 bridgehead atoms. The van der Waals surface area contributed by atoms with Crippen LogP contribution < -0.4 is 5.32 Å². The van der Waals surface area contributed by atoms with E-state index in [2.05, 4.69) is 21.2 Å². The third-order valence-electron chi connectivity index (χ3n) is 3.00. The predicted molar refractivity (Wildman–Crippen MR) is 81.6 cm³/mol. The van der Waals surface area contributed by atoms with Gasteiger partial charge in [0.15, 0.2) is 0 Å². The summed E-state index contributed by atoms with van der Waals surface area (Å²) in [7, 11) is 0. The summed E-state index contributed by atoms with van der Waals surface area (Å²) in [6.45, 7) is 4.30. The molecule has 21 heavy (non-hydrogen) atoms. The number of amides is 1. The van der Waals surface area contributed by atoms with Crippen LogP contribution in [0.15, 0.2) is 22.7 Å². The predicted octanol–water partition coefficient (Wildman–Crippen LogP) is 3.46. The Morgan fingerprint density at radius 1 is 1.38 bits per heavy atom. The first-order chi connectivity index (χ1) is 9.79. The fourth-order valence-electron chi connectivity index (χ4n) is 2.16. The van der Waals surface area contributed by atoms with Crippen molar-refractivity contribution in [2.24, 2.45) is 11.8 Å². The Morgan fingerprint density at radius 2 is 2.05 bits per heavy atom. The number of nitrogens with one attached hydrogen (secondary N) is 1. The molecule has 0 aliphatic carbocycles. The lowest BCUT2D eigenvalue weighted by Crippen LogP contribution is -2.31. The number of carbonyl (C=O) groups excluding carboxylic acids is 1. The maximum Gasteiger partial charge on any atom is 0.303 e. The molecule has 0 radical (unpaired) electrons. The van der Waals surface area contributed by atoms with Crippen molar-refractivity contribution >= 4 is 27.8 Å². The molecule has 0 fully saturated rings. The number of carboxylic acids is 1. The molecule has 0 unspecified atom stereocenters. The van der Waals surface area contributed by atoms with Gasteiger partial charge in [0.2, 0.25) is 0 Å². The van der Waals surface area contributed by atoms with Crippen LogP contribution in [0.1, 0.15) is 37.0 Å². The molecule has 0 aromatic heterocycles. The van der Waals surface area contributed by atoms with Crippen LogP contribution >= 0.6 is 15.9 Å². The zero-order valence-corrected chi connectivity index (χ0v) is 13.6. The molecule has 1 rings (SSSR count). The lowest BCUT2D eigenvalue weighted by atomic mass is 9.94. The largest absolute Gasteiger partial charge is 0.481 e. The molecule has 0 heterocycles. The molecular weight excluding hydrogens is 341 g/mol. The minimum Gasteiger partial charge on any atom is -0.481 e. The third-order valence-corrected chi connectivity index (χ3v) is 3.65. The highest BCUT2D eigenvalue weighted by Gasteiger charge is 2.17. The first kappa shape index (κ1) is 17.6. The number of carbonyl (C=O) groups is 2. The van der Waals surface area contributed by atoms with E-state index in [0.29, 0.717) is 16.0 Å². The van der Waals surface area contributed by atoms with Crippen molar-refractivity contribution in [3.05, 3.63) is 34.1 Å². The molecule has 116 valence electrons. The van der Waals surface area contributed by atoms with Gasteiger partial charge in [0, 0.05) is 17.4 Å². The average Bonchev–Trinajstić information content (AvgIpc) is 2.34. The first-order valence-electron chi connectivity index (χ1n) is 6.74. The fourth-order valence-corrected chi connectivity index (χ4v) is 2.69. The number of aliphatic carboxylic acids is 1. The van der Waals surface area contributed by atoms with Gasteiger partial charge in [-0.3, -0.25) is 9.59 Å². The summed E-state index contributed by atoms with van der Waals surface area (Å²) in [6, 6.07) is 3.82. The van der Waals surface area contributed by atoms with Crippen LogP contribution in [0, 0.1) is 17.7 Å². The second-order valence-corrected chi connectivity index (χ2v) is 6.28. The van der Waals surface area contributed by atoms with Crippen molar-refractivity contribution < 1.29 is 19.1 Å². The van der Waals surface area contributed by atoms with E-state index in [1.54, 1.807) is 0 Å². The Labute approximate surface area is 131 Å². The average molecular weight is 360 g/mol. The van der Waals surface area contributed by atoms with E-state index in [1.165, 1.54) is 18.2 Å². The number of rotatable bonds is 7. The number of carboxylic acid groups (broad SMARTS) is 1. The Hall–Kier alpha value is -1.43. The SMILES string of the molecule is CC(C)C[C@H](CNC(=O)c1ccc(F)cc1Br)CC(=O)O. The van der Waals surface area contributed by atoms with Gasteiger partial charge >= 0.3 is 5.97 Å². The molecule has 6 heteroatoms. The zero-order valence-electron chi connectivity index (χ0n) is 12.0. The Bertz CT molecular complexity index is 520. The normalized spacial score (nSPS) is 12.2. The van der Waals surface area contributed by atoms with Crippen LogP contribution in [0.25, 0.3) is 0 Å². The lowest BCUT2D eigenvalue weighted by Gasteiger charge is -2.18. The van der Waals surface area contributed by atoms with Crippen LogP contribution in [0.3, 0.4) is 0 Å². The molecule has 2 N–H and O–H groups in total. The third kappa shape index (κ3) is 6.25. The van der Waals surface area contributed by atoms with Gasteiger partial charge in [0.25, 0.3) is 5.91 Å². The molecule has 0 saturated heterocycles. The minimum atomic E-state index is -0.877. The molecule has 1 atom stereocenters. The van der Waals surface area contributed by atoms with Crippen LogP contribution in [-0.4, -0.2) is 23.5 Å². The summed E-state index contributed by atoms with van der Waals surface area (Å²) in [6.07, 6.45) is 0.736. The summed E-state index contributed by atoms with van der Waals surface area (Å²) in [5.41, 5.74) is 0.329. The van der Waals surface area contributed by atoms with Gasteiger partial charge < -0.3 is 10.4 Å². The van der Waals surface area contributed by atoms with Crippen molar-refractivity contribution in [1.82, 2.24) is 5.32 Å². The van der Waals surface area contributed by atoms with Crippen molar-refractivity contribution in [2.45, 2.75) is 26.7 Å². The fraction of sp³-hybridized carbons (Fsp3) is 0.467. The van der Waals surface area contributed by atoms with E-state index in [1.807, 2.05) is 13.8 Å². The quantitative estimate of drug-likeness (QED) is 0.783. The van der Waals surface area contributed by atoms with Gasteiger partial charge in [-0.2, -0.15) is 0 Å². The molecule has 0 saturated carbocycles. The molecule has 1 aromatic carbocycles. The standard InChI is InChI=1S/C15H19BrFNO3/c1-9(2)5-10(6-14(19)20)8-18-15(21)12-4-3-11(17)7-13(12)16/h3-4,7,9-10H,5-6,8H2,1-2H3,(H,18,21)(H,19,20)/t10-/m0/s1. The van der Waals surface area contributed by atoms with E-state index >= 15 is 0 Å². The highest BCUT2D eigenvalue weighted by molar-refractivity contribution is 9.10. The Morgan fingerprint density at radius 3 is 2.57 bits per heavy atom. The molecule has 1 amide bonds. The van der Waals surface area contributed by atoms with Crippen molar-refractivity contribution in [2.75, 3.05) is 6.54 Å². The summed E-state index contributed by atoms with van der Waals surface area (Å²) in [5, 5.41) is 11.6. The maximum atomic E-state index is 13.0. The van der Waals surface area contributed by atoms with Crippen molar-refractivity contribution in [3.63, 3.8) is 0 Å². The summed E-state index contributed by atoms with van der Waals surface area (Å²) in [4.78, 5) is 22.9. The van der Waals surface area contributed by atoms with Gasteiger partial charge in [-0.1, -0.05) is 13.8 Å². The molecule has 1 aromatic rings. The molecular formula is C15H19BrFNO3. The van der Waals surface area contributed by atoms with E-state index in [0.717, 1.165) is 6.42 Å². The van der Waals surface area contributed by atoms with Gasteiger partial charge in [0.05, 0.1) is 5.56 Å². The monoisotopic (exact) mass is 359 g/mol. The Balaban J connectivity index is 2.65. The van der Waals surface area contributed by atoms with Crippen LogP contribution in [0.4, 0.5) is 4.39 Å². The zero-order chi connectivity index (χ0) is 16.0. The first-order valence-corrected chi connectivity index (χ1v) is 7.54. The van der Waals surface area contributed by atoms with E-state index in [4.69, 9.17) is 5.11 Å². The number of halogens is 2. The van der Waals surface area contributed by atoms with Crippen molar-refractivity contribution in [1.29, 1.82) is 0 Å². The highest BCUT2D eigenvalue weighted by atomic mass is 79.9. The van der Waals surface area contributed by atoms with Crippen LogP contribution in [0.2, 0.25) is 0 Å². The van der Waals surface area contributed by atoms with Crippen LogP contribution in [-0.2, 0) is 4.79 Å². The molecule has 4 nitrogen and oxygen atoms in total. The molecule has 0 spiro atoms. The number of benzene rings is 1. The van der Waals surface area contributed by atoms with Gasteiger partial charge in [-0.15, -0.1) is 0 Å². The topological polar surface area (TPSA) is 66.4 Å². The number of hydrogen-bond donors (Lipinski definition) is 2. The minimum absolute atomic E-state index is 0.0169. The Kier molecular flexibility index (Phi) is 6.81. The van der Waals surface area contributed by atoms with Crippen LogP contribution in [0.5, 0.6) is 0 Å². The summed E-state index contributed by atoms with van der Waals surface area (Å²) in [5.74, 6) is -1.42. The van der Waals surface area contributed by atoms with Gasteiger partial charge in [0.1, 0.15) is 5.82 Å². The number of hydrogen-bond acceptors (Lipinski definition) is 2. The van der Waals surface area contributed by atoms with Crippen molar-refractivity contribution in [3.8, 4) is 0 Å². The van der Waals surface area contributed by atoms with E-state index in [9.17, 15) is 14.0 Å². The van der Waals surface area contributed by atoms with E-state index < -0.39 is 11.8 Å². The lowest BCUT2D eigenvalue weighted by molar-refractivity contribution is -0.138. The molecule has 0 aliphatic heterocycles. The molecule has 0 aliphatic rings. The van der Waals surface area contributed by atoms with Gasteiger partial charge in [-0.25, -0.2) is 4.39 Å². The second kappa shape index (κ2) is 8.12. The second-order valence-electron chi connectivity index (χ2n) is 5.43. The summed E-state index contributed by atoms with van der Waals surface area (Å²) < 4.78 is 13.4. The smallest absolute Gasteiger partial charge is 0.303 e.